The van der Waals surface area contributed by atoms with Crippen LogP contribution >= 0.6 is 0 Å². The van der Waals surface area contributed by atoms with Gasteiger partial charge < -0.3 is 15.0 Å². The SMILES string of the molecule is O=C(c1cccc(C2CCOC2)c1)N1CCC(Nc2cccnn2)CC1. The number of rotatable bonds is 4. The van der Waals surface area contributed by atoms with E-state index in [0.29, 0.717) is 12.0 Å². The smallest absolute Gasteiger partial charge is 0.253 e. The minimum atomic E-state index is 0.128. The Labute approximate surface area is 153 Å². The molecule has 2 aliphatic heterocycles. The zero-order chi connectivity index (χ0) is 17.8. The van der Waals surface area contributed by atoms with E-state index in [1.165, 1.54) is 5.56 Å². The first kappa shape index (κ1) is 17.0. The molecule has 3 heterocycles. The van der Waals surface area contributed by atoms with Crippen molar-refractivity contribution in [1.82, 2.24) is 15.1 Å². The zero-order valence-corrected chi connectivity index (χ0v) is 14.8. The topological polar surface area (TPSA) is 67.3 Å². The number of nitrogens with one attached hydrogen (secondary N) is 1. The summed E-state index contributed by atoms with van der Waals surface area (Å²) in [6.45, 7) is 3.09. The fraction of sp³-hybridized carbons (Fsp3) is 0.450. The number of benzene rings is 1. The number of amides is 1. The van der Waals surface area contributed by atoms with E-state index in [9.17, 15) is 4.79 Å². The molecule has 1 atom stereocenters. The van der Waals surface area contributed by atoms with Gasteiger partial charge in [-0.05, 0) is 49.1 Å². The Bertz CT molecular complexity index is 738. The van der Waals surface area contributed by atoms with E-state index in [-0.39, 0.29) is 5.91 Å². The molecule has 1 aromatic heterocycles. The lowest BCUT2D eigenvalue weighted by Gasteiger charge is -2.32. The Balaban J connectivity index is 1.35. The summed E-state index contributed by atoms with van der Waals surface area (Å²) in [4.78, 5) is 14.8. The molecule has 2 fully saturated rings. The monoisotopic (exact) mass is 352 g/mol. The Hall–Kier alpha value is -2.47. The minimum Gasteiger partial charge on any atom is -0.381 e. The normalized spacial score (nSPS) is 20.9. The summed E-state index contributed by atoms with van der Waals surface area (Å²) in [5.41, 5.74) is 2.00. The number of hydrogen-bond acceptors (Lipinski definition) is 5. The molecule has 0 spiro atoms. The largest absolute Gasteiger partial charge is 0.381 e. The van der Waals surface area contributed by atoms with Crippen LogP contribution in [0.2, 0.25) is 0 Å². The Kier molecular flexibility index (Phi) is 5.11. The highest BCUT2D eigenvalue weighted by molar-refractivity contribution is 5.94. The number of ether oxygens (including phenoxy) is 1. The molecule has 2 saturated heterocycles. The van der Waals surface area contributed by atoms with Crippen LogP contribution in [0.25, 0.3) is 0 Å². The van der Waals surface area contributed by atoms with Crippen molar-refractivity contribution in [2.75, 3.05) is 31.6 Å². The second kappa shape index (κ2) is 7.83. The van der Waals surface area contributed by atoms with Crippen LogP contribution in [-0.2, 0) is 4.74 Å². The first-order valence-corrected chi connectivity index (χ1v) is 9.31. The Morgan fingerprint density at radius 2 is 2.04 bits per heavy atom. The molecule has 6 heteroatoms. The van der Waals surface area contributed by atoms with E-state index < -0.39 is 0 Å². The van der Waals surface area contributed by atoms with Crippen molar-refractivity contribution < 1.29 is 9.53 Å². The Morgan fingerprint density at radius 1 is 1.15 bits per heavy atom. The van der Waals surface area contributed by atoms with E-state index in [4.69, 9.17) is 4.74 Å². The van der Waals surface area contributed by atoms with Crippen molar-refractivity contribution in [3.63, 3.8) is 0 Å². The van der Waals surface area contributed by atoms with Crippen LogP contribution in [0.4, 0.5) is 5.82 Å². The summed E-state index contributed by atoms with van der Waals surface area (Å²) in [7, 11) is 0. The zero-order valence-electron chi connectivity index (χ0n) is 14.8. The number of carbonyl (C=O) groups excluding carboxylic acids is 1. The molecule has 1 unspecified atom stereocenters. The number of anilines is 1. The van der Waals surface area contributed by atoms with Gasteiger partial charge in [0, 0.05) is 43.4 Å². The van der Waals surface area contributed by atoms with Gasteiger partial charge in [0.05, 0.1) is 6.61 Å². The third kappa shape index (κ3) is 3.85. The summed E-state index contributed by atoms with van der Waals surface area (Å²) < 4.78 is 5.48. The van der Waals surface area contributed by atoms with E-state index in [2.05, 4.69) is 21.6 Å². The first-order chi connectivity index (χ1) is 12.8. The summed E-state index contributed by atoms with van der Waals surface area (Å²) in [5.74, 6) is 1.34. The number of carbonyl (C=O) groups is 1. The highest BCUT2D eigenvalue weighted by Crippen LogP contribution is 2.26. The van der Waals surface area contributed by atoms with Crippen LogP contribution in [0.5, 0.6) is 0 Å². The number of nitrogens with zero attached hydrogens (tertiary/aromatic N) is 3. The molecule has 0 bridgehead atoms. The van der Waals surface area contributed by atoms with Gasteiger partial charge in [0.15, 0.2) is 0 Å². The highest BCUT2D eigenvalue weighted by atomic mass is 16.5. The summed E-state index contributed by atoms with van der Waals surface area (Å²) >= 11 is 0. The van der Waals surface area contributed by atoms with Gasteiger partial charge in [-0.25, -0.2) is 0 Å². The van der Waals surface area contributed by atoms with Gasteiger partial charge >= 0.3 is 0 Å². The van der Waals surface area contributed by atoms with Gasteiger partial charge in [0.25, 0.3) is 5.91 Å². The van der Waals surface area contributed by atoms with Crippen molar-refractivity contribution in [2.24, 2.45) is 0 Å². The van der Waals surface area contributed by atoms with E-state index in [1.807, 2.05) is 35.2 Å². The number of hydrogen-bond donors (Lipinski definition) is 1. The lowest BCUT2D eigenvalue weighted by molar-refractivity contribution is 0.0718. The second-order valence-electron chi connectivity index (χ2n) is 7.01. The van der Waals surface area contributed by atoms with E-state index in [1.54, 1.807) is 6.20 Å². The second-order valence-corrected chi connectivity index (χ2v) is 7.01. The van der Waals surface area contributed by atoms with Gasteiger partial charge in [-0.15, -0.1) is 5.10 Å². The summed E-state index contributed by atoms with van der Waals surface area (Å²) in [5, 5.41) is 11.4. The standard InChI is InChI=1S/C20H24N4O2/c25-20(16-4-1-3-15(13-16)17-8-12-26-14-17)24-10-6-18(7-11-24)22-19-5-2-9-21-23-19/h1-5,9,13,17-18H,6-8,10-12,14H2,(H,22,23). The van der Waals surface area contributed by atoms with Gasteiger partial charge in [-0.3, -0.25) is 4.79 Å². The molecule has 0 aliphatic carbocycles. The van der Waals surface area contributed by atoms with Gasteiger partial charge in [-0.1, -0.05) is 12.1 Å². The van der Waals surface area contributed by atoms with Gasteiger partial charge in [-0.2, -0.15) is 5.10 Å². The number of piperidine rings is 1. The summed E-state index contributed by atoms with van der Waals surface area (Å²) in [6.07, 6.45) is 4.53. The quantitative estimate of drug-likeness (QED) is 0.916. The molecule has 4 rings (SSSR count). The fourth-order valence-corrected chi connectivity index (χ4v) is 3.72. The highest BCUT2D eigenvalue weighted by Gasteiger charge is 2.25. The lowest BCUT2D eigenvalue weighted by atomic mass is 9.96. The molecule has 6 nitrogen and oxygen atoms in total. The van der Waals surface area contributed by atoms with Crippen LogP contribution in [0.15, 0.2) is 42.6 Å². The molecular weight excluding hydrogens is 328 g/mol. The van der Waals surface area contributed by atoms with Crippen molar-refractivity contribution >= 4 is 11.7 Å². The van der Waals surface area contributed by atoms with Gasteiger partial charge in [0.2, 0.25) is 0 Å². The molecule has 2 aromatic rings. The minimum absolute atomic E-state index is 0.128. The van der Waals surface area contributed by atoms with E-state index in [0.717, 1.165) is 56.9 Å². The maximum Gasteiger partial charge on any atom is 0.253 e. The fourth-order valence-electron chi connectivity index (χ4n) is 3.72. The Morgan fingerprint density at radius 3 is 2.77 bits per heavy atom. The van der Waals surface area contributed by atoms with Crippen LogP contribution in [-0.4, -0.2) is 53.3 Å². The third-order valence-corrected chi connectivity index (χ3v) is 5.24. The predicted octanol–water partition coefficient (Wildman–Crippen LogP) is 2.70. The van der Waals surface area contributed by atoms with Crippen molar-refractivity contribution in [3.05, 3.63) is 53.7 Å². The molecule has 1 aromatic carbocycles. The molecule has 136 valence electrons. The van der Waals surface area contributed by atoms with Crippen LogP contribution < -0.4 is 5.32 Å². The van der Waals surface area contributed by atoms with Gasteiger partial charge in [0.1, 0.15) is 5.82 Å². The molecule has 2 aliphatic rings. The third-order valence-electron chi connectivity index (χ3n) is 5.24. The number of aromatic nitrogens is 2. The maximum atomic E-state index is 12.9. The molecule has 1 amide bonds. The molecule has 26 heavy (non-hydrogen) atoms. The summed E-state index contributed by atoms with van der Waals surface area (Å²) in [6, 6.07) is 12.2. The number of likely N-dealkylation sites (tertiary alicyclic amines) is 1. The first-order valence-electron chi connectivity index (χ1n) is 9.31. The molecule has 0 radical (unpaired) electrons. The average molecular weight is 352 g/mol. The van der Waals surface area contributed by atoms with Crippen molar-refractivity contribution in [3.8, 4) is 0 Å². The van der Waals surface area contributed by atoms with Crippen LogP contribution in [0, 0.1) is 0 Å². The van der Waals surface area contributed by atoms with Crippen LogP contribution in [0.1, 0.15) is 41.1 Å². The predicted molar refractivity (Wildman–Crippen MR) is 99.2 cm³/mol. The lowest BCUT2D eigenvalue weighted by Crippen LogP contribution is -2.42. The molecule has 0 saturated carbocycles. The molecular formula is C20H24N4O2. The maximum absolute atomic E-state index is 12.9. The average Bonchev–Trinajstić information content (AvgIpc) is 3.24. The van der Waals surface area contributed by atoms with Crippen molar-refractivity contribution in [1.29, 1.82) is 0 Å². The molecule has 1 N–H and O–H groups in total. The van der Waals surface area contributed by atoms with E-state index >= 15 is 0 Å². The van der Waals surface area contributed by atoms with Crippen molar-refractivity contribution in [2.45, 2.75) is 31.2 Å². The van der Waals surface area contributed by atoms with Crippen LogP contribution in [0.3, 0.4) is 0 Å².